The summed E-state index contributed by atoms with van der Waals surface area (Å²) >= 11 is 2.99. The molecule has 0 saturated heterocycles. The molecule has 2 aliphatic carbocycles. The van der Waals surface area contributed by atoms with Crippen LogP contribution in [0.3, 0.4) is 0 Å². The van der Waals surface area contributed by atoms with Crippen molar-refractivity contribution in [2.75, 3.05) is 25.2 Å². The number of hydrogen-bond donors (Lipinski definition) is 1. The molecule has 8 aromatic carbocycles. The fourth-order valence-corrected chi connectivity index (χ4v) is 12.2. The lowest BCUT2D eigenvalue weighted by molar-refractivity contribution is -0.170. The van der Waals surface area contributed by atoms with Gasteiger partial charge in [-0.1, -0.05) is 162 Å². The molecular formula is C76H81BrO12. The van der Waals surface area contributed by atoms with Gasteiger partial charge >= 0.3 is 11.9 Å². The third kappa shape index (κ3) is 15.3. The maximum atomic E-state index is 12.8. The molecule has 0 fully saturated rings. The van der Waals surface area contributed by atoms with E-state index in [-0.39, 0.29) is 42.0 Å². The average molecular weight is 1270 g/mol. The monoisotopic (exact) mass is 1260 g/mol. The minimum absolute atomic E-state index is 0.162. The van der Waals surface area contributed by atoms with E-state index in [0.29, 0.717) is 68.9 Å². The normalized spacial score (nSPS) is 18.2. The molecule has 8 aromatic rings. The summed E-state index contributed by atoms with van der Waals surface area (Å²) in [7, 11) is 0. The molecule has 0 spiro atoms. The molecule has 0 amide bonds. The number of alkyl halides is 1. The summed E-state index contributed by atoms with van der Waals surface area (Å²) in [5.74, 6) is 3.56. The highest BCUT2D eigenvalue weighted by Crippen LogP contribution is 2.57. The molecule has 4 atom stereocenters. The lowest BCUT2D eigenvalue weighted by Crippen LogP contribution is -2.48. The zero-order valence-electron chi connectivity index (χ0n) is 52.7. The molecule has 0 saturated carbocycles. The lowest BCUT2D eigenvalue weighted by atomic mass is 9.79. The molecule has 12 nitrogen and oxygen atoms in total. The van der Waals surface area contributed by atoms with Gasteiger partial charge in [-0.3, -0.25) is 4.79 Å². The summed E-state index contributed by atoms with van der Waals surface area (Å²) in [5, 5.41) is 12.0. The number of rotatable bonds is 16. The minimum atomic E-state index is -0.994. The SMILES string of the molecule is CC(C)(C)OC(=O)CBr.Cc1ccc2c(c1C)OCC1(O)Cc3cc(OCc4ccccc4)c(OCc4ccccc4)cc3C21.Cc1ccc2c(c1C)OCC1(OCC(=O)OC(C)(C)C)Cc3cc(OCc4ccccc4)c(OCc4ccccc4)cc3C21. The topological polar surface area (TPSA) is 137 Å². The molecule has 1 N–H and O–H groups in total. The molecule has 12 rings (SSSR count). The van der Waals surface area contributed by atoms with E-state index in [1.54, 1.807) is 0 Å². The highest BCUT2D eigenvalue weighted by atomic mass is 79.9. The molecule has 89 heavy (non-hydrogen) atoms. The van der Waals surface area contributed by atoms with Crippen molar-refractivity contribution in [1.82, 2.24) is 0 Å². The Labute approximate surface area is 532 Å². The number of ether oxygens (including phenoxy) is 9. The van der Waals surface area contributed by atoms with Crippen LogP contribution in [0.1, 0.15) is 131 Å². The largest absolute Gasteiger partial charge is 0.490 e. The van der Waals surface area contributed by atoms with Gasteiger partial charge in [-0.15, -0.1) is 0 Å². The molecular weight excluding hydrogens is 1180 g/mol. The Bertz CT molecular complexity index is 3760. The van der Waals surface area contributed by atoms with Crippen molar-refractivity contribution in [3.8, 4) is 34.5 Å². The second kappa shape index (κ2) is 27.3. The maximum absolute atomic E-state index is 12.8. The number of benzene rings is 8. The maximum Gasteiger partial charge on any atom is 0.332 e. The van der Waals surface area contributed by atoms with Gasteiger partial charge in [0.1, 0.15) is 85.5 Å². The summed E-state index contributed by atoms with van der Waals surface area (Å²) in [6, 6.07) is 57.2. The van der Waals surface area contributed by atoms with Crippen LogP contribution >= 0.6 is 15.9 Å². The molecule has 4 aliphatic rings. The number of aliphatic hydroxyl groups is 1. The molecule has 2 aliphatic heterocycles. The Hall–Kier alpha value is -8.10. The van der Waals surface area contributed by atoms with Crippen LogP contribution in [0, 0.1) is 27.7 Å². The Morgan fingerprint density at radius 3 is 1.26 bits per heavy atom. The molecule has 13 heteroatoms. The van der Waals surface area contributed by atoms with E-state index in [9.17, 15) is 14.7 Å². The van der Waals surface area contributed by atoms with E-state index in [2.05, 4.69) is 104 Å². The molecule has 4 unspecified atom stereocenters. The molecule has 0 radical (unpaired) electrons. The van der Waals surface area contributed by atoms with Crippen molar-refractivity contribution >= 4 is 27.9 Å². The van der Waals surface area contributed by atoms with Gasteiger partial charge in [-0.25, -0.2) is 4.79 Å². The third-order valence-electron chi connectivity index (χ3n) is 16.4. The fraction of sp³-hybridized carbons (Fsp3) is 0.342. The summed E-state index contributed by atoms with van der Waals surface area (Å²) in [5.41, 5.74) is 12.6. The summed E-state index contributed by atoms with van der Waals surface area (Å²) in [4.78, 5) is 23.4. The number of aryl methyl sites for hydroxylation is 2. The van der Waals surface area contributed by atoms with Crippen LogP contribution in [0.5, 0.6) is 34.5 Å². The van der Waals surface area contributed by atoms with Gasteiger partial charge in [0.05, 0.1) is 0 Å². The first-order valence-electron chi connectivity index (χ1n) is 30.4. The Kier molecular flexibility index (Phi) is 19.6. The van der Waals surface area contributed by atoms with Crippen LogP contribution in [-0.2, 0) is 63.1 Å². The molecule has 464 valence electrons. The van der Waals surface area contributed by atoms with E-state index >= 15 is 0 Å². The van der Waals surface area contributed by atoms with Crippen molar-refractivity contribution < 1.29 is 57.3 Å². The lowest BCUT2D eigenvalue weighted by Gasteiger charge is -2.41. The van der Waals surface area contributed by atoms with E-state index < -0.39 is 22.8 Å². The van der Waals surface area contributed by atoms with Gasteiger partial charge in [0, 0.05) is 35.8 Å². The summed E-state index contributed by atoms with van der Waals surface area (Å²) in [6.45, 7) is 21.6. The predicted molar refractivity (Wildman–Crippen MR) is 349 cm³/mol. The highest BCUT2D eigenvalue weighted by molar-refractivity contribution is 9.09. The number of halogens is 1. The minimum Gasteiger partial charge on any atom is -0.490 e. The van der Waals surface area contributed by atoms with Crippen LogP contribution in [-0.4, -0.2) is 64.6 Å². The van der Waals surface area contributed by atoms with Crippen molar-refractivity contribution in [3.05, 3.63) is 248 Å². The number of esters is 2. The van der Waals surface area contributed by atoms with Crippen molar-refractivity contribution in [3.63, 3.8) is 0 Å². The van der Waals surface area contributed by atoms with E-state index in [1.807, 2.05) is 151 Å². The van der Waals surface area contributed by atoms with E-state index in [0.717, 1.165) is 78.3 Å². The standard InChI is InChI=1S/C38H40O6.C32H30O4.C6H11BrO2/c1-25-16-17-30-35-31-19-33(41-22-28-14-10-7-11-15-28)32(40-21-27-12-8-6-9-13-27)18-29(31)20-38(35,24-42-36(30)26(25)2)43-23-34(39)44-37(3,4)5;1-21-13-14-26-30-27-16-29(35-19-24-11-7-4-8-12-24)28(34-18-23-9-5-3-6-10-23)15-25(27)17-32(30,33)20-36-31(26)22(21)2;1-6(2,3)9-5(8)4-7/h6-19,35H,20-24H2,1-5H3;3-16,30,33H,17-20H2,1-2H3;4H2,1-3H3. The third-order valence-corrected chi connectivity index (χ3v) is 16.9. The van der Waals surface area contributed by atoms with Crippen molar-refractivity contribution in [2.45, 2.75) is 143 Å². The van der Waals surface area contributed by atoms with Crippen LogP contribution in [0.25, 0.3) is 0 Å². The average Bonchev–Trinajstić information content (AvgIpc) is 1.60. The second-order valence-corrected chi connectivity index (χ2v) is 26.1. The van der Waals surface area contributed by atoms with Gasteiger partial charge < -0.3 is 47.7 Å². The first-order valence-corrected chi connectivity index (χ1v) is 31.5. The Morgan fingerprint density at radius 2 is 0.854 bits per heavy atom. The van der Waals surface area contributed by atoms with Gasteiger partial charge in [0.15, 0.2) is 23.0 Å². The molecule has 0 bridgehead atoms. The van der Waals surface area contributed by atoms with Crippen molar-refractivity contribution in [2.24, 2.45) is 0 Å². The van der Waals surface area contributed by atoms with E-state index in [4.69, 9.17) is 42.6 Å². The second-order valence-electron chi connectivity index (χ2n) is 25.5. The quantitative estimate of drug-likeness (QED) is 0.0728. The Balaban J connectivity index is 0.000000175. The zero-order valence-corrected chi connectivity index (χ0v) is 54.3. The van der Waals surface area contributed by atoms with Gasteiger partial charge in [-0.05, 0) is 160 Å². The van der Waals surface area contributed by atoms with Crippen molar-refractivity contribution in [1.29, 1.82) is 0 Å². The Morgan fingerprint density at radius 1 is 0.483 bits per heavy atom. The summed E-state index contributed by atoms with van der Waals surface area (Å²) < 4.78 is 55.2. The van der Waals surface area contributed by atoms with Crippen LogP contribution in [0.4, 0.5) is 0 Å². The highest BCUT2D eigenvalue weighted by Gasteiger charge is 2.54. The van der Waals surface area contributed by atoms with Gasteiger partial charge in [0.25, 0.3) is 0 Å². The van der Waals surface area contributed by atoms with Gasteiger partial charge in [-0.2, -0.15) is 0 Å². The van der Waals surface area contributed by atoms with Crippen LogP contribution < -0.4 is 28.4 Å². The predicted octanol–water partition coefficient (Wildman–Crippen LogP) is 15.6. The van der Waals surface area contributed by atoms with E-state index in [1.165, 1.54) is 11.1 Å². The number of fused-ring (bicyclic) bond motifs is 10. The van der Waals surface area contributed by atoms with Gasteiger partial charge in [0.2, 0.25) is 0 Å². The van der Waals surface area contributed by atoms with Crippen LogP contribution in [0.15, 0.2) is 170 Å². The number of hydrogen-bond acceptors (Lipinski definition) is 12. The first-order chi connectivity index (χ1) is 42.6. The number of carbonyl (C=O) groups excluding carboxylic acids is 2. The molecule has 2 heterocycles. The first kappa shape index (κ1) is 63.9. The summed E-state index contributed by atoms with van der Waals surface area (Å²) in [6.07, 6.45) is 1.07. The fourth-order valence-electron chi connectivity index (χ4n) is 12.0. The van der Waals surface area contributed by atoms with Crippen LogP contribution in [0.2, 0.25) is 0 Å². The number of carbonyl (C=O) groups is 2. The zero-order chi connectivity index (χ0) is 63.1. The smallest absolute Gasteiger partial charge is 0.332 e. The molecule has 0 aromatic heterocycles.